The summed E-state index contributed by atoms with van der Waals surface area (Å²) in [5.74, 6) is 1.32. The average molecular weight is 344 g/mol. The summed E-state index contributed by atoms with van der Waals surface area (Å²) in [4.78, 5) is 0. The maximum Gasteiger partial charge on any atom is 0.0658 e. The quantitative estimate of drug-likeness (QED) is 0.826. The number of nitrogens with one attached hydrogen (secondary N) is 1. The molecule has 0 aliphatic heterocycles. The molecule has 0 radical (unpaired) electrons. The van der Waals surface area contributed by atoms with E-state index in [1.54, 1.807) is 7.11 Å². The molecule has 4 nitrogen and oxygen atoms in total. The summed E-state index contributed by atoms with van der Waals surface area (Å²) in [5.41, 5.74) is 1.36. The van der Waals surface area contributed by atoms with Crippen molar-refractivity contribution >= 4 is 15.9 Å². The molecule has 2 atom stereocenters. The van der Waals surface area contributed by atoms with Gasteiger partial charge in [-0.25, -0.2) is 0 Å². The van der Waals surface area contributed by atoms with Crippen LogP contribution in [0.3, 0.4) is 0 Å². The Balaban J connectivity index is 2.10. The van der Waals surface area contributed by atoms with E-state index >= 15 is 0 Å². The van der Waals surface area contributed by atoms with Crippen molar-refractivity contribution < 1.29 is 4.74 Å². The lowest BCUT2D eigenvalue weighted by atomic mass is 9.92. The molecule has 0 amide bonds. The van der Waals surface area contributed by atoms with E-state index in [2.05, 4.69) is 44.9 Å². The van der Waals surface area contributed by atoms with E-state index < -0.39 is 0 Å². The highest BCUT2D eigenvalue weighted by molar-refractivity contribution is 9.10. The second-order valence-corrected chi connectivity index (χ2v) is 6.81. The third-order valence-electron chi connectivity index (χ3n) is 4.14. The first kappa shape index (κ1) is 16.0. The van der Waals surface area contributed by atoms with Crippen molar-refractivity contribution in [3.05, 3.63) is 16.4 Å². The highest BCUT2D eigenvalue weighted by Crippen LogP contribution is 2.41. The lowest BCUT2D eigenvalue weighted by molar-refractivity contribution is 0.181. The number of nitrogens with zero attached hydrogens (tertiary/aromatic N) is 2. The van der Waals surface area contributed by atoms with E-state index in [0.29, 0.717) is 24.5 Å². The minimum Gasteiger partial charge on any atom is -0.383 e. The Bertz CT molecular complexity index is 419. The fraction of sp³-hybridized carbons (Fsp3) is 0.800. The smallest absolute Gasteiger partial charge is 0.0658 e. The molecule has 1 N–H and O–H groups in total. The molecule has 1 aromatic heterocycles. The maximum atomic E-state index is 5.19. The van der Waals surface area contributed by atoms with Crippen LogP contribution in [0.5, 0.6) is 0 Å². The van der Waals surface area contributed by atoms with Crippen LogP contribution in [-0.4, -0.2) is 36.1 Å². The fourth-order valence-electron chi connectivity index (χ4n) is 3.12. The van der Waals surface area contributed by atoms with Crippen molar-refractivity contribution in [3.8, 4) is 0 Å². The predicted molar refractivity (Wildman–Crippen MR) is 85.0 cm³/mol. The normalized spacial score (nSPS) is 22.9. The third-order valence-corrected chi connectivity index (χ3v) is 4.75. The molecule has 1 aliphatic carbocycles. The van der Waals surface area contributed by atoms with E-state index in [-0.39, 0.29) is 0 Å². The van der Waals surface area contributed by atoms with Crippen LogP contribution in [0.4, 0.5) is 0 Å². The first-order valence-electron chi connectivity index (χ1n) is 7.57. The molecule has 5 heteroatoms. The van der Waals surface area contributed by atoms with Crippen molar-refractivity contribution in [2.45, 2.75) is 51.6 Å². The fourth-order valence-corrected chi connectivity index (χ4v) is 3.71. The van der Waals surface area contributed by atoms with Gasteiger partial charge in [-0.3, -0.25) is 4.68 Å². The standard InChI is InChI=1S/C15H26BrN3O/c1-11(2)17-9-12-5-4-6-13(12)15-14(16)10-18-19(15)7-8-20-3/h10-13,17H,4-9H2,1-3H3. The molecular formula is C15H26BrN3O. The number of aromatic nitrogens is 2. The lowest BCUT2D eigenvalue weighted by Crippen LogP contribution is -2.30. The predicted octanol–water partition coefficient (Wildman–Crippen LogP) is 3.17. The summed E-state index contributed by atoms with van der Waals surface area (Å²) in [5, 5.41) is 8.09. The molecule has 1 aliphatic rings. The van der Waals surface area contributed by atoms with Crippen LogP contribution < -0.4 is 5.32 Å². The van der Waals surface area contributed by atoms with Gasteiger partial charge in [0, 0.05) is 19.1 Å². The summed E-state index contributed by atoms with van der Waals surface area (Å²) in [6, 6.07) is 0.554. The van der Waals surface area contributed by atoms with Crippen LogP contribution in [0.15, 0.2) is 10.7 Å². The molecule has 0 aromatic carbocycles. The van der Waals surface area contributed by atoms with E-state index in [1.807, 2.05) is 6.20 Å². The average Bonchev–Trinajstić information content (AvgIpc) is 3.00. The van der Waals surface area contributed by atoms with Gasteiger partial charge in [0.05, 0.1) is 29.5 Å². The van der Waals surface area contributed by atoms with Gasteiger partial charge in [0.1, 0.15) is 0 Å². The van der Waals surface area contributed by atoms with Crippen molar-refractivity contribution in [3.63, 3.8) is 0 Å². The van der Waals surface area contributed by atoms with E-state index in [0.717, 1.165) is 17.6 Å². The Labute approximate surface area is 130 Å². The lowest BCUT2D eigenvalue weighted by Gasteiger charge is -2.23. The molecule has 1 aromatic rings. The number of hydrogen-bond acceptors (Lipinski definition) is 3. The van der Waals surface area contributed by atoms with Crippen LogP contribution in [-0.2, 0) is 11.3 Å². The Morgan fingerprint density at radius 3 is 3.00 bits per heavy atom. The number of rotatable bonds is 7. The van der Waals surface area contributed by atoms with Gasteiger partial charge in [0.15, 0.2) is 0 Å². The number of hydrogen-bond donors (Lipinski definition) is 1. The van der Waals surface area contributed by atoms with E-state index in [1.165, 1.54) is 25.0 Å². The minimum atomic E-state index is 0.554. The molecule has 114 valence electrons. The largest absolute Gasteiger partial charge is 0.383 e. The molecular weight excluding hydrogens is 318 g/mol. The zero-order valence-electron chi connectivity index (χ0n) is 12.7. The molecule has 2 unspecified atom stereocenters. The Kier molecular flexibility index (Phi) is 6.05. The second-order valence-electron chi connectivity index (χ2n) is 5.95. The van der Waals surface area contributed by atoms with E-state index in [9.17, 15) is 0 Å². The van der Waals surface area contributed by atoms with Gasteiger partial charge >= 0.3 is 0 Å². The molecule has 0 saturated heterocycles. The number of ether oxygens (including phenoxy) is 1. The highest BCUT2D eigenvalue weighted by atomic mass is 79.9. The summed E-state index contributed by atoms with van der Waals surface area (Å²) >= 11 is 3.68. The zero-order chi connectivity index (χ0) is 14.5. The van der Waals surface area contributed by atoms with Crippen LogP contribution in [0.25, 0.3) is 0 Å². The molecule has 20 heavy (non-hydrogen) atoms. The van der Waals surface area contributed by atoms with Crippen molar-refractivity contribution in [1.29, 1.82) is 0 Å². The molecule has 0 bridgehead atoms. The van der Waals surface area contributed by atoms with Crippen LogP contribution in [0.2, 0.25) is 0 Å². The van der Waals surface area contributed by atoms with Gasteiger partial charge in [-0.2, -0.15) is 5.10 Å². The topological polar surface area (TPSA) is 39.1 Å². The second kappa shape index (κ2) is 7.57. The maximum absolute atomic E-state index is 5.19. The Morgan fingerprint density at radius 1 is 1.50 bits per heavy atom. The SMILES string of the molecule is COCCn1ncc(Br)c1C1CCCC1CNC(C)C. The van der Waals surface area contributed by atoms with Crippen LogP contribution in [0, 0.1) is 5.92 Å². The van der Waals surface area contributed by atoms with Crippen molar-refractivity contribution in [1.82, 2.24) is 15.1 Å². The molecule has 1 heterocycles. The van der Waals surface area contributed by atoms with Gasteiger partial charge in [-0.05, 0) is 41.2 Å². The van der Waals surface area contributed by atoms with Crippen molar-refractivity contribution in [2.75, 3.05) is 20.3 Å². The van der Waals surface area contributed by atoms with Crippen LogP contribution in [0.1, 0.15) is 44.7 Å². The Morgan fingerprint density at radius 2 is 2.30 bits per heavy atom. The summed E-state index contributed by atoms with van der Waals surface area (Å²) < 4.78 is 8.46. The zero-order valence-corrected chi connectivity index (χ0v) is 14.3. The van der Waals surface area contributed by atoms with Gasteiger partial charge in [0.2, 0.25) is 0 Å². The van der Waals surface area contributed by atoms with Crippen molar-refractivity contribution in [2.24, 2.45) is 5.92 Å². The highest BCUT2D eigenvalue weighted by Gasteiger charge is 2.32. The molecule has 1 saturated carbocycles. The number of halogens is 1. The molecule has 0 spiro atoms. The summed E-state index contributed by atoms with van der Waals surface area (Å²) in [6.07, 6.45) is 5.82. The Hall–Kier alpha value is -0.390. The van der Waals surface area contributed by atoms with Gasteiger partial charge in [-0.15, -0.1) is 0 Å². The summed E-state index contributed by atoms with van der Waals surface area (Å²) in [7, 11) is 1.74. The minimum absolute atomic E-state index is 0.554. The number of methoxy groups -OCH3 is 1. The van der Waals surface area contributed by atoms with Gasteiger partial charge < -0.3 is 10.1 Å². The summed E-state index contributed by atoms with van der Waals surface area (Å²) in [6.45, 7) is 7.07. The van der Waals surface area contributed by atoms with Crippen LogP contribution >= 0.6 is 15.9 Å². The third kappa shape index (κ3) is 3.83. The monoisotopic (exact) mass is 343 g/mol. The van der Waals surface area contributed by atoms with Gasteiger partial charge in [0.25, 0.3) is 0 Å². The first-order valence-corrected chi connectivity index (χ1v) is 8.36. The molecule has 2 rings (SSSR count). The first-order chi connectivity index (χ1) is 9.63. The molecule has 1 fully saturated rings. The van der Waals surface area contributed by atoms with E-state index in [4.69, 9.17) is 4.74 Å². The van der Waals surface area contributed by atoms with Gasteiger partial charge in [-0.1, -0.05) is 20.3 Å².